The second-order valence-electron chi connectivity index (χ2n) is 3.32. The van der Waals surface area contributed by atoms with E-state index < -0.39 is 0 Å². The van der Waals surface area contributed by atoms with Gasteiger partial charge in [0.1, 0.15) is 6.04 Å². The molecule has 3 N–H and O–H groups in total. The molecular formula is C7H14N2O2S. The van der Waals surface area contributed by atoms with Gasteiger partial charge in [0, 0.05) is 17.0 Å². The van der Waals surface area contributed by atoms with E-state index >= 15 is 0 Å². The number of hydrogen-bond donors (Lipinski definition) is 3. The quantitative estimate of drug-likeness (QED) is 0.401. The minimum absolute atomic E-state index is 0.148. The lowest BCUT2D eigenvalue weighted by Gasteiger charge is -2.36. The summed E-state index contributed by atoms with van der Waals surface area (Å²) in [7, 11) is 0. The van der Waals surface area contributed by atoms with Crippen LogP contribution in [0, 0.1) is 0 Å². The third-order valence-corrected chi connectivity index (χ3v) is 3.38. The topological polar surface area (TPSA) is 61.4 Å². The van der Waals surface area contributed by atoms with Crippen molar-refractivity contribution in [1.82, 2.24) is 10.8 Å². The summed E-state index contributed by atoms with van der Waals surface area (Å²) in [5.41, 5.74) is 1.68. The highest BCUT2D eigenvalue weighted by atomic mass is 32.2. The molecule has 0 spiro atoms. The molecule has 1 amide bonds. The monoisotopic (exact) mass is 190 g/mol. The van der Waals surface area contributed by atoms with Gasteiger partial charge >= 0.3 is 0 Å². The summed E-state index contributed by atoms with van der Waals surface area (Å²) in [6.45, 7) is 4.79. The Balaban J connectivity index is 2.66. The predicted molar refractivity (Wildman–Crippen MR) is 48.3 cm³/mol. The van der Waals surface area contributed by atoms with Crippen molar-refractivity contribution in [2.24, 2.45) is 0 Å². The summed E-state index contributed by atoms with van der Waals surface area (Å²) in [4.78, 5) is 11.1. The van der Waals surface area contributed by atoms with E-state index in [0.717, 1.165) is 12.3 Å². The largest absolute Gasteiger partial charge is 0.304 e. The number of hydroxylamine groups is 1. The van der Waals surface area contributed by atoms with Gasteiger partial charge in [-0.15, -0.1) is 0 Å². The molecule has 12 heavy (non-hydrogen) atoms. The molecule has 0 radical (unpaired) electrons. The van der Waals surface area contributed by atoms with E-state index in [-0.39, 0.29) is 16.7 Å². The molecule has 1 rings (SSSR count). The first-order valence-corrected chi connectivity index (χ1v) is 4.88. The Morgan fingerprint density at radius 3 is 2.92 bits per heavy atom. The minimum Gasteiger partial charge on any atom is -0.304 e. The van der Waals surface area contributed by atoms with Crippen LogP contribution in [0.1, 0.15) is 13.8 Å². The summed E-state index contributed by atoms with van der Waals surface area (Å²) in [5.74, 6) is 0.648. The van der Waals surface area contributed by atoms with Gasteiger partial charge in [-0.1, -0.05) is 0 Å². The van der Waals surface area contributed by atoms with Crippen LogP contribution >= 0.6 is 11.8 Å². The third kappa shape index (κ3) is 1.91. The van der Waals surface area contributed by atoms with Crippen molar-refractivity contribution in [3.8, 4) is 0 Å². The molecule has 0 aliphatic carbocycles. The molecule has 0 aromatic carbocycles. The number of hydrogen-bond acceptors (Lipinski definition) is 4. The van der Waals surface area contributed by atoms with E-state index in [9.17, 15) is 4.79 Å². The van der Waals surface area contributed by atoms with Crippen molar-refractivity contribution in [2.75, 3.05) is 12.3 Å². The lowest BCUT2D eigenvalue weighted by atomic mass is 10.0. The van der Waals surface area contributed by atoms with Gasteiger partial charge in [-0.05, 0) is 13.8 Å². The van der Waals surface area contributed by atoms with Gasteiger partial charge in [0.05, 0.1) is 0 Å². The molecule has 0 aromatic heterocycles. The van der Waals surface area contributed by atoms with Crippen LogP contribution in [0.4, 0.5) is 0 Å². The Bertz CT molecular complexity index is 184. The number of carbonyl (C=O) groups is 1. The standard InChI is InChI=1S/C7H14N2O2S/c1-7(2)5(6(10)9-11)8-3-4-12-7/h5,8,11H,3-4H2,1-2H3,(H,9,10). The van der Waals surface area contributed by atoms with Crippen LogP contribution in [-0.2, 0) is 4.79 Å². The molecule has 1 aliphatic rings. The van der Waals surface area contributed by atoms with E-state index in [2.05, 4.69) is 5.32 Å². The van der Waals surface area contributed by atoms with E-state index in [1.165, 1.54) is 0 Å². The average Bonchev–Trinajstić information content (AvgIpc) is 2.02. The number of amides is 1. The molecule has 5 heteroatoms. The Morgan fingerprint density at radius 2 is 2.42 bits per heavy atom. The van der Waals surface area contributed by atoms with Crippen molar-refractivity contribution in [3.05, 3.63) is 0 Å². The second kappa shape index (κ2) is 3.64. The van der Waals surface area contributed by atoms with Crippen LogP contribution in [0.2, 0.25) is 0 Å². The maximum Gasteiger partial charge on any atom is 0.261 e. The molecule has 70 valence electrons. The fraction of sp³-hybridized carbons (Fsp3) is 0.857. The number of carbonyl (C=O) groups excluding carboxylic acids is 1. The maximum absolute atomic E-state index is 11.1. The first-order valence-electron chi connectivity index (χ1n) is 3.89. The highest BCUT2D eigenvalue weighted by Gasteiger charge is 2.37. The molecule has 1 atom stereocenters. The Morgan fingerprint density at radius 1 is 1.75 bits per heavy atom. The Kier molecular flexibility index (Phi) is 2.98. The molecule has 4 nitrogen and oxygen atoms in total. The number of nitrogens with one attached hydrogen (secondary N) is 2. The molecular weight excluding hydrogens is 176 g/mol. The number of rotatable bonds is 1. The SMILES string of the molecule is CC1(C)SCCNC1C(=O)NO. The van der Waals surface area contributed by atoms with Crippen LogP contribution in [0.5, 0.6) is 0 Å². The average molecular weight is 190 g/mol. The zero-order valence-corrected chi connectivity index (χ0v) is 8.07. The van der Waals surface area contributed by atoms with E-state index in [1.54, 1.807) is 17.2 Å². The van der Waals surface area contributed by atoms with Crippen molar-refractivity contribution >= 4 is 17.7 Å². The van der Waals surface area contributed by atoms with Gasteiger partial charge in [-0.2, -0.15) is 11.8 Å². The predicted octanol–water partition coefficient (Wildman–Crippen LogP) is -0.0246. The first kappa shape index (κ1) is 9.83. The maximum atomic E-state index is 11.1. The second-order valence-corrected chi connectivity index (χ2v) is 5.06. The molecule has 0 aromatic rings. The molecule has 1 heterocycles. The fourth-order valence-corrected chi connectivity index (χ4v) is 2.42. The van der Waals surface area contributed by atoms with E-state index in [1.807, 2.05) is 13.8 Å². The molecule has 1 aliphatic heterocycles. The van der Waals surface area contributed by atoms with Crippen molar-refractivity contribution in [1.29, 1.82) is 0 Å². The smallest absolute Gasteiger partial charge is 0.261 e. The third-order valence-electron chi connectivity index (χ3n) is 1.99. The zero-order valence-electron chi connectivity index (χ0n) is 7.26. The fourth-order valence-electron chi connectivity index (χ4n) is 1.32. The van der Waals surface area contributed by atoms with Crippen LogP contribution in [0.25, 0.3) is 0 Å². The van der Waals surface area contributed by atoms with Gasteiger partial charge < -0.3 is 5.32 Å². The van der Waals surface area contributed by atoms with Crippen molar-refractivity contribution in [3.63, 3.8) is 0 Å². The normalized spacial score (nSPS) is 28.1. The van der Waals surface area contributed by atoms with Gasteiger partial charge in [0.2, 0.25) is 0 Å². The summed E-state index contributed by atoms with van der Waals surface area (Å²) in [5, 5.41) is 11.5. The molecule has 0 bridgehead atoms. The Labute approximate surface area is 76.1 Å². The summed E-state index contributed by atoms with van der Waals surface area (Å²) in [6, 6.07) is -0.304. The zero-order chi connectivity index (χ0) is 9.19. The van der Waals surface area contributed by atoms with Crippen molar-refractivity contribution in [2.45, 2.75) is 24.6 Å². The first-order chi connectivity index (χ1) is 5.58. The van der Waals surface area contributed by atoms with Gasteiger partial charge in [0.15, 0.2) is 0 Å². The number of thioether (sulfide) groups is 1. The summed E-state index contributed by atoms with van der Waals surface area (Å²) < 4.78 is -0.148. The lowest BCUT2D eigenvalue weighted by molar-refractivity contribution is -0.132. The molecule has 1 saturated heterocycles. The molecule has 1 fully saturated rings. The van der Waals surface area contributed by atoms with Gasteiger partial charge in [-0.25, -0.2) is 5.48 Å². The van der Waals surface area contributed by atoms with Gasteiger partial charge in [-0.3, -0.25) is 10.0 Å². The van der Waals surface area contributed by atoms with E-state index in [0.29, 0.717) is 0 Å². The Hall–Kier alpha value is -0.260. The van der Waals surface area contributed by atoms with Crippen molar-refractivity contribution < 1.29 is 10.0 Å². The van der Waals surface area contributed by atoms with Crippen LogP contribution in [0.15, 0.2) is 0 Å². The molecule has 1 unspecified atom stereocenters. The highest BCUT2D eigenvalue weighted by molar-refractivity contribution is 8.00. The summed E-state index contributed by atoms with van der Waals surface area (Å²) >= 11 is 1.74. The molecule has 0 saturated carbocycles. The lowest BCUT2D eigenvalue weighted by Crippen LogP contribution is -2.57. The van der Waals surface area contributed by atoms with Crippen LogP contribution in [-0.4, -0.2) is 34.2 Å². The van der Waals surface area contributed by atoms with E-state index in [4.69, 9.17) is 5.21 Å². The van der Waals surface area contributed by atoms with Crippen LogP contribution < -0.4 is 10.8 Å². The summed E-state index contributed by atoms with van der Waals surface area (Å²) in [6.07, 6.45) is 0. The highest BCUT2D eigenvalue weighted by Crippen LogP contribution is 2.30. The minimum atomic E-state index is -0.354. The van der Waals surface area contributed by atoms with Gasteiger partial charge in [0.25, 0.3) is 5.91 Å². The van der Waals surface area contributed by atoms with Crippen LogP contribution in [0.3, 0.4) is 0 Å².